The number of hydrogen-bond donors (Lipinski definition) is 1. The lowest BCUT2D eigenvalue weighted by molar-refractivity contribution is 0.0392. The van der Waals surface area contributed by atoms with E-state index >= 15 is 0 Å². The highest BCUT2D eigenvalue weighted by atomic mass is 79.9. The first kappa shape index (κ1) is 13.8. The quantitative estimate of drug-likeness (QED) is 0.830. The second-order valence-corrected chi connectivity index (χ2v) is 6.94. The number of nitrogens with two attached hydrogens (primary N) is 1. The summed E-state index contributed by atoms with van der Waals surface area (Å²) in [5.74, 6) is 0. The Labute approximate surface area is 115 Å². The van der Waals surface area contributed by atoms with Gasteiger partial charge in [0, 0.05) is 22.7 Å². The van der Waals surface area contributed by atoms with Gasteiger partial charge in [-0.15, -0.1) is 0 Å². The van der Waals surface area contributed by atoms with Crippen LogP contribution in [0.1, 0.15) is 6.92 Å². The summed E-state index contributed by atoms with van der Waals surface area (Å²) in [7, 11) is -3.54. The molecule has 1 fully saturated rings. The van der Waals surface area contributed by atoms with Gasteiger partial charge in [0.15, 0.2) is 0 Å². The lowest BCUT2D eigenvalue weighted by Gasteiger charge is -2.32. The molecular weight excluding hydrogens is 320 g/mol. The van der Waals surface area contributed by atoms with Crippen molar-refractivity contribution in [2.45, 2.75) is 17.9 Å². The standard InChI is InChI=1S/C11H15BrN2O3S/c1-8-7-17-5-4-14(8)18(15,16)11-6-9(13)2-3-10(11)12/h2-3,6,8H,4-5,7,13H2,1H3/t8-/m1/s1. The summed E-state index contributed by atoms with van der Waals surface area (Å²) in [5, 5.41) is 0. The van der Waals surface area contributed by atoms with Crippen LogP contribution in [0.15, 0.2) is 27.6 Å². The van der Waals surface area contributed by atoms with Crippen molar-refractivity contribution in [2.75, 3.05) is 25.5 Å². The van der Waals surface area contributed by atoms with E-state index in [2.05, 4.69) is 15.9 Å². The fourth-order valence-corrected chi connectivity index (χ4v) is 4.47. The Morgan fingerprint density at radius 2 is 2.22 bits per heavy atom. The minimum Gasteiger partial charge on any atom is -0.399 e. The van der Waals surface area contributed by atoms with Gasteiger partial charge < -0.3 is 10.5 Å². The first-order chi connectivity index (χ1) is 8.43. The number of morpholine rings is 1. The van der Waals surface area contributed by atoms with Crippen LogP contribution in [-0.2, 0) is 14.8 Å². The molecule has 1 atom stereocenters. The van der Waals surface area contributed by atoms with Crippen molar-refractivity contribution in [3.05, 3.63) is 22.7 Å². The van der Waals surface area contributed by atoms with Crippen LogP contribution < -0.4 is 5.73 Å². The molecule has 7 heteroatoms. The van der Waals surface area contributed by atoms with Crippen molar-refractivity contribution in [2.24, 2.45) is 0 Å². The van der Waals surface area contributed by atoms with Crippen LogP contribution in [0.3, 0.4) is 0 Å². The van der Waals surface area contributed by atoms with Crippen LogP contribution in [0, 0.1) is 0 Å². The summed E-state index contributed by atoms with van der Waals surface area (Å²) >= 11 is 3.26. The maximum absolute atomic E-state index is 12.6. The number of halogens is 1. The van der Waals surface area contributed by atoms with E-state index < -0.39 is 10.0 Å². The second kappa shape index (κ2) is 5.16. The smallest absolute Gasteiger partial charge is 0.244 e. The Morgan fingerprint density at radius 3 is 2.89 bits per heavy atom. The van der Waals surface area contributed by atoms with Crippen LogP contribution in [-0.4, -0.2) is 38.5 Å². The third-order valence-corrected chi connectivity index (χ3v) is 5.86. The molecule has 0 radical (unpaired) electrons. The van der Waals surface area contributed by atoms with Crippen LogP contribution in [0.2, 0.25) is 0 Å². The summed E-state index contributed by atoms with van der Waals surface area (Å²) in [6, 6.07) is 4.61. The monoisotopic (exact) mass is 334 g/mol. The molecule has 1 aliphatic rings. The Bertz CT molecular complexity index is 547. The van der Waals surface area contributed by atoms with Gasteiger partial charge in [-0.3, -0.25) is 0 Å². The second-order valence-electron chi connectivity index (χ2n) is 4.23. The van der Waals surface area contributed by atoms with E-state index in [1.807, 2.05) is 6.92 Å². The molecule has 1 aromatic rings. The zero-order chi connectivity index (χ0) is 13.3. The fraction of sp³-hybridized carbons (Fsp3) is 0.455. The molecule has 0 aromatic heterocycles. The minimum atomic E-state index is -3.54. The molecule has 0 aliphatic carbocycles. The van der Waals surface area contributed by atoms with Gasteiger partial charge in [0.25, 0.3) is 0 Å². The first-order valence-electron chi connectivity index (χ1n) is 5.57. The lowest BCUT2D eigenvalue weighted by atomic mass is 10.3. The zero-order valence-electron chi connectivity index (χ0n) is 9.97. The molecule has 1 heterocycles. The summed E-state index contributed by atoms with van der Waals surface area (Å²) in [5.41, 5.74) is 6.09. The normalized spacial score (nSPS) is 22.0. The van der Waals surface area contributed by atoms with Crippen LogP contribution >= 0.6 is 15.9 Å². The van der Waals surface area contributed by atoms with Crippen LogP contribution in [0.25, 0.3) is 0 Å². The van der Waals surface area contributed by atoms with Crippen molar-refractivity contribution in [1.29, 1.82) is 0 Å². The topological polar surface area (TPSA) is 72.6 Å². The summed E-state index contributed by atoms with van der Waals surface area (Å²) in [6.07, 6.45) is 0. The maximum atomic E-state index is 12.6. The van der Waals surface area contributed by atoms with Gasteiger partial charge in [-0.25, -0.2) is 8.42 Å². The molecule has 100 valence electrons. The van der Waals surface area contributed by atoms with Crippen molar-refractivity contribution in [3.63, 3.8) is 0 Å². The van der Waals surface area contributed by atoms with E-state index in [1.165, 1.54) is 10.4 Å². The Kier molecular flexibility index (Phi) is 3.96. The van der Waals surface area contributed by atoms with Crippen molar-refractivity contribution >= 4 is 31.6 Å². The van der Waals surface area contributed by atoms with E-state index in [0.717, 1.165) is 0 Å². The van der Waals surface area contributed by atoms with E-state index in [-0.39, 0.29) is 10.9 Å². The predicted molar refractivity (Wildman–Crippen MR) is 72.7 cm³/mol. The van der Waals surface area contributed by atoms with Crippen molar-refractivity contribution < 1.29 is 13.2 Å². The third kappa shape index (κ3) is 2.54. The summed E-state index contributed by atoms with van der Waals surface area (Å²) in [6.45, 7) is 3.03. The van der Waals surface area contributed by atoms with E-state index in [4.69, 9.17) is 10.5 Å². The number of rotatable bonds is 2. The Hall–Kier alpha value is -0.630. The molecule has 1 saturated heterocycles. The summed E-state index contributed by atoms with van der Waals surface area (Å²) < 4.78 is 32.3. The summed E-state index contributed by atoms with van der Waals surface area (Å²) in [4.78, 5) is 0.205. The van der Waals surface area contributed by atoms with Crippen LogP contribution in [0.5, 0.6) is 0 Å². The molecular formula is C11H15BrN2O3S. The number of anilines is 1. The third-order valence-electron chi connectivity index (χ3n) is 2.85. The average molecular weight is 335 g/mol. The van der Waals surface area contributed by atoms with Gasteiger partial charge in [-0.1, -0.05) is 0 Å². The molecule has 0 amide bonds. The number of nitrogen functional groups attached to an aromatic ring is 1. The van der Waals surface area contributed by atoms with Gasteiger partial charge in [0.05, 0.1) is 18.1 Å². The maximum Gasteiger partial charge on any atom is 0.244 e. The lowest BCUT2D eigenvalue weighted by Crippen LogP contribution is -2.47. The predicted octanol–water partition coefficient (Wildman–Crippen LogP) is 1.44. The van der Waals surface area contributed by atoms with E-state index in [9.17, 15) is 8.42 Å². The van der Waals surface area contributed by atoms with E-state index in [1.54, 1.807) is 12.1 Å². The molecule has 18 heavy (non-hydrogen) atoms. The van der Waals surface area contributed by atoms with Crippen molar-refractivity contribution in [3.8, 4) is 0 Å². The number of nitrogens with zero attached hydrogens (tertiary/aromatic N) is 1. The molecule has 0 saturated carbocycles. The molecule has 0 spiro atoms. The largest absolute Gasteiger partial charge is 0.399 e. The number of hydrogen-bond acceptors (Lipinski definition) is 4. The molecule has 0 unspecified atom stereocenters. The molecule has 1 aliphatic heterocycles. The molecule has 0 bridgehead atoms. The highest BCUT2D eigenvalue weighted by Crippen LogP contribution is 2.28. The molecule has 5 nitrogen and oxygen atoms in total. The molecule has 2 rings (SSSR count). The average Bonchev–Trinajstić information content (AvgIpc) is 2.32. The van der Waals surface area contributed by atoms with Gasteiger partial charge in [0.1, 0.15) is 0 Å². The van der Waals surface area contributed by atoms with E-state index in [0.29, 0.717) is 29.9 Å². The first-order valence-corrected chi connectivity index (χ1v) is 7.81. The van der Waals surface area contributed by atoms with Crippen molar-refractivity contribution in [1.82, 2.24) is 4.31 Å². The van der Waals surface area contributed by atoms with Gasteiger partial charge in [0.2, 0.25) is 10.0 Å². The Balaban J connectivity index is 2.44. The van der Waals surface area contributed by atoms with Gasteiger partial charge in [-0.2, -0.15) is 4.31 Å². The Morgan fingerprint density at radius 1 is 1.50 bits per heavy atom. The van der Waals surface area contributed by atoms with Gasteiger partial charge >= 0.3 is 0 Å². The number of sulfonamides is 1. The molecule has 2 N–H and O–H groups in total. The SMILES string of the molecule is C[C@@H]1COCCN1S(=O)(=O)c1cc(N)ccc1Br. The minimum absolute atomic E-state index is 0.169. The van der Waals surface area contributed by atoms with Gasteiger partial charge in [-0.05, 0) is 41.1 Å². The highest BCUT2D eigenvalue weighted by Gasteiger charge is 2.32. The molecule has 1 aromatic carbocycles. The fourth-order valence-electron chi connectivity index (χ4n) is 1.91. The highest BCUT2D eigenvalue weighted by molar-refractivity contribution is 9.10. The zero-order valence-corrected chi connectivity index (χ0v) is 12.4. The number of benzene rings is 1. The van der Waals surface area contributed by atoms with Crippen LogP contribution in [0.4, 0.5) is 5.69 Å². The number of ether oxygens (including phenoxy) is 1.